The predicted octanol–water partition coefficient (Wildman–Crippen LogP) is 2.57. The molecule has 0 aromatic heterocycles. The Morgan fingerprint density at radius 3 is 2.65 bits per heavy atom. The van der Waals surface area contributed by atoms with Gasteiger partial charge in [0.15, 0.2) is 0 Å². The van der Waals surface area contributed by atoms with E-state index in [1.165, 1.54) is 0 Å². The molecule has 2 rings (SSSR count). The van der Waals surface area contributed by atoms with Crippen LogP contribution in [0.3, 0.4) is 0 Å². The largest absolute Gasteiger partial charge is 0.497 e. The number of halogens is 1. The number of rotatable bonds is 6. The van der Waals surface area contributed by atoms with Crippen molar-refractivity contribution in [2.75, 3.05) is 7.11 Å². The molecule has 0 spiro atoms. The highest BCUT2D eigenvalue weighted by atomic mass is 35.5. The number of hydrogen-bond acceptors (Lipinski definition) is 4. The van der Waals surface area contributed by atoms with Crippen molar-refractivity contribution in [2.24, 2.45) is 11.6 Å². The molecule has 0 aliphatic rings. The van der Waals surface area contributed by atoms with Crippen molar-refractivity contribution in [1.29, 1.82) is 0 Å². The standard InChI is InChI=1S/C17H20ClN3O2/c1-17(21-20,10-16(19)22)12-6-7-15(18)14(9-12)11-4-3-5-13(8-11)23-2/h3-9,21H,10,20H2,1-2H3,(H2,19,22). The molecule has 0 heterocycles. The summed E-state index contributed by atoms with van der Waals surface area (Å²) in [6.45, 7) is 1.82. The first kappa shape index (κ1) is 17.3. The van der Waals surface area contributed by atoms with Crippen molar-refractivity contribution < 1.29 is 9.53 Å². The average molecular weight is 334 g/mol. The van der Waals surface area contributed by atoms with Crippen LogP contribution in [0.2, 0.25) is 5.02 Å². The van der Waals surface area contributed by atoms with Crippen molar-refractivity contribution in [1.82, 2.24) is 5.43 Å². The Kier molecular flexibility index (Phi) is 5.26. The second-order valence-electron chi connectivity index (χ2n) is 5.55. The van der Waals surface area contributed by atoms with Crippen molar-refractivity contribution in [3.63, 3.8) is 0 Å². The molecule has 0 fully saturated rings. The highest BCUT2D eigenvalue weighted by Gasteiger charge is 2.28. The van der Waals surface area contributed by atoms with Gasteiger partial charge in [-0.2, -0.15) is 0 Å². The van der Waals surface area contributed by atoms with Crippen molar-refractivity contribution in [3.05, 3.63) is 53.1 Å². The lowest BCUT2D eigenvalue weighted by Crippen LogP contribution is -2.46. The maximum absolute atomic E-state index is 11.3. The molecule has 1 atom stereocenters. The summed E-state index contributed by atoms with van der Waals surface area (Å²) in [4.78, 5) is 11.3. The minimum atomic E-state index is -0.774. The van der Waals surface area contributed by atoms with Gasteiger partial charge in [-0.1, -0.05) is 29.8 Å². The van der Waals surface area contributed by atoms with Gasteiger partial charge in [0.1, 0.15) is 5.75 Å². The molecule has 5 nitrogen and oxygen atoms in total. The fraction of sp³-hybridized carbons (Fsp3) is 0.235. The van der Waals surface area contributed by atoms with Gasteiger partial charge < -0.3 is 10.5 Å². The molecular weight excluding hydrogens is 314 g/mol. The van der Waals surface area contributed by atoms with Crippen LogP contribution >= 0.6 is 11.6 Å². The molecule has 0 radical (unpaired) electrons. The summed E-state index contributed by atoms with van der Waals surface area (Å²) in [7, 11) is 1.61. The maximum Gasteiger partial charge on any atom is 0.219 e. The van der Waals surface area contributed by atoms with E-state index in [1.54, 1.807) is 13.2 Å². The molecule has 1 amide bonds. The Morgan fingerprint density at radius 2 is 2.04 bits per heavy atom. The zero-order valence-corrected chi connectivity index (χ0v) is 13.9. The van der Waals surface area contributed by atoms with Crippen molar-refractivity contribution in [3.8, 4) is 16.9 Å². The monoisotopic (exact) mass is 333 g/mol. The second-order valence-corrected chi connectivity index (χ2v) is 5.95. The minimum absolute atomic E-state index is 0.0721. The summed E-state index contributed by atoms with van der Waals surface area (Å²) in [5.41, 5.74) is 9.80. The molecular formula is C17H20ClN3O2. The quantitative estimate of drug-likeness (QED) is 0.559. The average Bonchev–Trinajstić information content (AvgIpc) is 2.54. The lowest BCUT2D eigenvalue weighted by atomic mass is 9.87. The van der Waals surface area contributed by atoms with Crippen molar-refractivity contribution >= 4 is 17.5 Å². The Hall–Kier alpha value is -2.08. The van der Waals surface area contributed by atoms with E-state index >= 15 is 0 Å². The Balaban J connectivity index is 2.52. The number of amides is 1. The van der Waals surface area contributed by atoms with Crippen LogP contribution in [0.25, 0.3) is 11.1 Å². The summed E-state index contributed by atoms with van der Waals surface area (Å²) in [5, 5.41) is 0.598. The van der Waals surface area contributed by atoms with Gasteiger partial charge in [0.25, 0.3) is 0 Å². The number of hydrazine groups is 1. The van der Waals surface area contributed by atoms with E-state index in [1.807, 2.05) is 43.3 Å². The first-order chi connectivity index (χ1) is 10.9. The van der Waals surface area contributed by atoms with E-state index < -0.39 is 11.4 Å². The fourth-order valence-corrected chi connectivity index (χ4v) is 2.69. The van der Waals surface area contributed by atoms with E-state index in [-0.39, 0.29) is 6.42 Å². The van der Waals surface area contributed by atoms with Gasteiger partial charge >= 0.3 is 0 Å². The molecule has 0 saturated carbocycles. The van der Waals surface area contributed by atoms with Crippen LogP contribution in [0, 0.1) is 0 Å². The molecule has 2 aromatic carbocycles. The number of methoxy groups -OCH3 is 1. The highest BCUT2D eigenvalue weighted by molar-refractivity contribution is 6.33. The highest BCUT2D eigenvalue weighted by Crippen LogP contribution is 2.34. The number of primary amides is 1. The number of carbonyl (C=O) groups is 1. The van der Waals surface area contributed by atoms with Gasteiger partial charge in [-0.05, 0) is 42.3 Å². The molecule has 5 N–H and O–H groups in total. The fourth-order valence-electron chi connectivity index (χ4n) is 2.47. The van der Waals surface area contributed by atoms with Gasteiger partial charge in [0.05, 0.1) is 12.6 Å². The molecule has 0 aliphatic heterocycles. The van der Waals surface area contributed by atoms with Crippen LogP contribution in [0.5, 0.6) is 5.75 Å². The van der Waals surface area contributed by atoms with E-state index in [0.717, 1.165) is 22.4 Å². The first-order valence-corrected chi connectivity index (χ1v) is 7.48. The molecule has 2 aromatic rings. The van der Waals surface area contributed by atoms with Gasteiger partial charge in [0.2, 0.25) is 5.91 Å². The zero-order chi connectivity index (χ0) is 17.0. The van der Waals surface area contributed by atoms with Gasteiger partial charge in [-0.3, -0.25) is 10.6 Å². The number of benzene rings is 2. The van der Waals surface area contributed by atoms with Gasteiger partial charge in [0, 0.05) is 17.0 Å². The van der Waals surface area contributed by atoms with E-state index in [4.69, 9.17) is 27.9 Å². The summed E-state index contributed by atoms with van der Waals surface area (Å²) < 4.78 is 5.25. The van der Waals surface area contributed by atoms with Crippen LogP contribution in [-0.2, 0) is 10.3 Å². The molecule has 23 heavy (non-hydrogen) atoms. The summed E-state index contributed by atoms with van der Waals surface area (Å²) >= 11 is 6.34. The summed E-state index contributed by atoms with van der Waals surface area (Å²) in [5.74, 6) is 5.94. The van der Waals surface area contributed by atoms with Crippen LogP contribution in [0.15, 0.2) is 42.5 Å². The normalized spacial score (nSPS) is 13.4. The molecule has 0 aliphatic carbocycles. The minimum Gasteiger partial charge on any atom is -0.497 e. The Morgan fingerprint density at radius 1 is 1.30 bits per heavy atom. The molecule has 0 bridgehead atoms. The molecule has 6 heteroatoms. The third kappa shape index (κ3) is 3.82. The van der Waals surface area contributed by atoms with E-state index in [2.05, 4.69) is 5.43 Å². The number of nitrogens with two attached hydrogens (primary N) is 2. The van der Waals surface area contributed by atoms with Gasteiger partial charge in [-0.25, -0.2) is 5.43 Å². The van der Waals surface area contributed by atoms with Gasteiger partial charge in [-0.15, -0.1) is 0 Å². The Labute approximate surface area is 140 Å². The SMILES string of the molecule is COc1cccc(-c2cc(C(C)(CC(N)=O)NN)ccc2Cl)c1. The first-order valence-electron chi connectivity index (χ1n) is 7.10. The molecule has 1 unspecified atom stereocenters. The topological polar surface area (TPSA) is 90.4 Å². The third-order valence-electron chi connectivity index (χ3n) is 3.83. The lowest BCUT2D eigenvalue weighted by molar-refractivity contribution is -0.119. The predicted molar refractivity (Wildman–Crippen MR) is 91.9 cm³/mol. The second kappa shape index (κ2) is 7.00. The lowest BCUT2D eigenvalue weighted by Gasteiger charge is -2.28. The van der Waals surface area contributed by atoms with Crippen LogP contribution in [0.1, 0.15) is 18.9 Å². The smallest absolute Gasteiger partial charge is 0.219 e. The third-order valence-corrected chi connectivity index (χ3v) is 4.16. The van der Waals surface area contributed by atoms with Crippen molar-refractivity contribution in [2.45, 2.75) is 18.9 Å². The molecule has 122 valence electrons. The van der Waals surface area contributed by atoms with E-state index in [9.17, 15) is 4.79 Å². The number of ether oxygens (including phenoxy) is 1. The molecule has 0 saturated heterocycles. The zero-order valence-electron chi connectivity index (χ0n) is 13.1. The van der Waals surface area contributed by atoms with Crippen LogP contribution < -0.4 is 21.7 Å². The van der Waals surface area contributed by atoms with Crippen LogP contribution in [-0.4, -0.2) is 13.0 Å². The maximum atomic E-state index is 11.3. The number of hydrogen-bond donors (Lipinski definition) is 3. The van der Waals surface area contributed by atoms with Crippen LogP contribution in [0.4, 0.5) is 0 Å². The van der Waals surface area contributed by atoms with E-state index in [0.29, 0.717) is 5.02 Å². The summed E-state index contributed by atoms with van der Waals surface area (Å²) in [6.07, 6.45) is 0.0721. The Bertz CT molecular complexity index is 721. The number of carbonyl (C=O) groups excluding carboxylic acids is 1. The summed E-state index contributed by atoms with van der Waals surface area (Å²) in [6, 6.07) is 13.1. The number of nitrogens with one attached hydrogen (secondary N) is 1.